The number of furan rings is 1. The Morgan fingerprint density at radius 3 is 1.46 bits per heavy atom. The monoisotopic (exact) mass is 1020 g/mol. The second kappa shape index (κ2) is 17.9. The Balaban J connectivity index is 1.21. The van der Waals surface area contributed by atoms with E-state index in [1.807, 2.05) is 0 Å². The number of anilines is 9. The maximum Gasteiger partial charge on any atom is 0.279 e. The van der Waals surface area contributed by atoms with Crippen LogP contribution >= 0.6 is 0 Å². The summed E-state index contributed by atoms with van der Waals surface area (Å²) in [5.74, 6) is 1.28. The quantitative estimate of drug-likeness (QED) is 0.155. The van der Waals surface area contributed by atoms with Crippen LogP contribution in [-0.2, 0) is 27.1 Å². The first-order valence-corrected chi connectivity index (χ1v) is 27.9. The second-order valence-corrected chi connectivity index (χ2v) is 27.1. The van der Waals surface area contributed by atoms with E-state index in [1.165, 1.54) is 38.7 Å². The lowest BCUT2D eigenvalue weighted by Gasteiger charge is -2.43. The SMILES string of the molecule is CC(C)(C)c1ccc(N2c3ccc(C(C)(C)C)cc3B3c4nc(-c5ccc6oc7ccc(C(C)(C)C)cc7c6c5)oc4N(c4cc(C(C)(C)C)cc(C(C)(C)C)c4)c4cc(N(c5ccccc5)c5ccccc5)cc2c43)cc1. The molecular weight excluding hydrogens is 952 g/mol. The van der Waals surface area contributed by atoms with Crippen molar-refractivity contribution in [2.75, 3.05) is 14.7 Å². The van der Waals surface area contributed by atoms with E-state index in [4.69, 9.17) is 13.8 Å². The Kier molecular flexibility index (Phi) is 11.7. The van der Waals surface area contributed by atoms with Crippen LogP contribution in [0.4, 0.5) is 51.4 Å². The zero-order chi connectivity index (χ0) is 55.0. The van der Waals surface area contributed by atoms with E-state index in [-0.39, 0.29) is 33.8 Å². The summed E-state index contributed by atoms with van der Waals surface area (Å²) in [6.07, 6.45) is 0. The van der Waals surface area contributed by atoms with Gasteiger partial charge in [0.25, 0.3) is 6.71 Å². The van der Waals surface area contributed by atoms with Gasteiger partial charge in [-0.05, 0) is 163 Å². The fourth-order valence-electron chi connectivity index (χ4n) is 11.6. The summed E-state index contributed by atoms with van der Waals surface area (Å²) in [7, 11) is 0. The van der Waals surface area contributed by atoms with Gasteiger partial charge in [-0.25, -0.2) is 4.98 Å². The Labute approximate surface area is 462 Å². The molecule has 0 atom stereocenters. The molecule has 4 heterocycles. The number of fused-ring (bicyclic) bond motifs is 7. The molecule has 7 heteroatoms. The molecule has 78 heavy (non-hydrogen) atoms. The summed E-state index contributed by atoms with van der Waals surface area (Å²) in [5.41, 5.74) is 20.2. The highest BCUT2D eigenvalue weighted by Crippen LogP contribution is 2.50. The minimum absolute atomic E-state index is 0.0182. The molecule has 0 spiro atoms. The molecule has 0 bridgehead atoms. The molecule has 2 aliphatic rings. The van der Waals surface area contributed by atoms with E-state index in [0.29, 0.717) is 11.8 Å². The van der Waals surface area contributed by atoms with Crippen LogP contribution in [0.3, 0.4) is 0 Å². The number of nitrogens with zero attached hydrogens (tertiary/aromatic N) is 4. The lowest BCUT2D eigenvalue weighted by Crippen LogP contribution is -2.62. The van der Waals surface area contributed by atoms with Crippen molar-refractivity contribution in [1.29, 1.82) is 0 Å². The number of para-hydroxylation sites is 2. The molecule has 2 aliphatic heterocycles. The molecule has 0 fully saturated rings. The summed E-state index contributed by atoms with van der Waals surface area (Å²) >= 11 is 0. The van der Waals surface area contributed by atoms with Crippen LogP contribution in [0.2, 0.25) is 0 Å². The molecule has 0 saturated heterocycles. The summed E-state index contributed by atoms with van der Waals surface area (Å²) in [4.78, 5) is 13.1. The highest BCUT2D eigenvalue weighted by Gasteiger charge is 2.48. The zero-order valence-corrected chi connectivity index (χ0v) is 48.3. The van der Waals surface area contributed by atoms with Gasteiger partial charge < -0.3 is 18.6 Å². The van der Waals surface area contributed by atoms with E-state index in [9.17, 15) is 0 Å². The van der Waals surface area contributed by atoms with Crippen molar-refractivity contribution in [2.24, 2.45) is 0 Å². The number of oxazole rings is 1. The third kappa shape index (κ3) is 8.80. The summed E-state index contributed by atoms with van der Waals surface area (Å²) < 4.78 is 14.1. The lowest BCUT2D eigenvalue weighted by atomic mass is 9.35. The van der Waals surface area contributed by atoms with Gasteiger partial charge in [-0.3, -0.25) is 4.90 Å². The number of hydrogen-bond donors (Lipinski definition) is 0. The molecule has 10 aromatic rings. The average molecular weight is 1030 g/mol. The highest BCUT2D eigenvalue weighted by molar-refractivity contribution is 6.99. The Morgan fingerprint density at radius 1 is 0.397 bits per heavy atom. The van der Waals surface area contributed by atoms with Crippen molar-refractivity contribution in [3.05, 3.63) is 198 Å². The smallest absolute Gasteiger partial charge is 0.279 e. The lowest BCUT2D eigenvalue weighted by molar-refractivity contribution is 0.566. The first-order valence-electron chi connectivity index (χ1n) is 27.9. The molecule has 392 valence electrons. The molecule has 0 aliphatic carbocycles. The van der Waals surface area contributed by atoms with Crippen molar-refractivity contribution in [3.8, 4) is 11.5 Å². The second-order valence-electron chi connectivity index (χ2n) is 27.1. The van der Waals surface area contributed by atoms with Gasteiger partial charge in [0.05, 0.1) is 11.3 Å². The van der Waals surface area contributed by atoms with Crippen LogP contribution in [0.25, 0.3) is 33.4 Å². The third-order valence-electron chi connectivity index (χ3n) is 16.2. The van der Waals surface area contributed by atoms with Gasteiger partial charge in [0.1, 0.15) is 11.2 Å². The summed E-state index contributed by atoms with van der Waals surface area (Å²) in [6.45, 7) is 34.2. The molecule has 0 amide bonds. The predicted octanol–water partition coefficient (Wildman–Crippen LogP) is 18.3. The molecule has 0 radical (unpaired) electrons. The minimum atomic E-state index is -0.294. The number of benzene rings is 8. The Bertz CT molecular complexity index is 3870. The Hall–Kier alpha value is -7.77. The van der Waals surface area contributed by atoms with Gasteiger partial charge in [-0.1, -0.05) is 177 Å². The molecule has 0 unspecified atom stereocenters. The van der Waals surface area contributed by atoms with Crippen LogP contribution in [0.5, 0.6) is 0 Å². The van der Waals surface area contributed by atoms with Gasteiger partial charge >= 0.3 is 0 Å². The van der Waals surface area contributed by atoms with Crippen LogP contribution in [0.15, 0.2) is 179 Å². The van der Waals surface area contributed by atoms with E-state index in [0.717, 1.165) is 78.6 Å². The molecule has 6 nitrogen and oxygen atoms in total. The number of aromatic nitrogens is 1. The van der Waals surface area contributed by atoms with Crippen molar-refractivity contribution in [1.82, 2.24) is 4.98 Å². The van der Waals surface area contributed by atoms with Crippen LogP contribution in [0.1, 0.15) is 132 Å². The first kappa shape index (κ1) is 51.0. The Morgan fingerprint density at radius 2 is 0.897 bits per heavy atom. The molecule has 8 aromatic carbocycles. The van der Waals surface area contributed by atoms with Gasteiger partial charge in [-0.15, -0.1) is 0 Å². The summed E-state index contributed by atoms with van der Waals surface area (Å²) in [6, 6.07) is 62.9. The highest BCUT2D eigenvalue weighted by atomic mass is 16.4. The topological polar surface area (TPSA) is 48.9 Å². The van der Waals surface area contributed by atoms with Gasteiger partial charge in [0.15, 0.2) is 0 Å². The third-order valence-corrected chi connectivity index (χ3v) is 16.2. The van der Waals surface area contributed by atoms with Gasteiger partial charge in [0.2, 0.25) is 11.8 Å². The molecule has 0 N–H and O–H groups in total. The van der Waals surface area contributed by atoms with Gasteiger partial charge in [0, 0.05) is 56.1 Å². The molecular formula is C71H73BN4O2. The molecule has 2 aromatic heterocycles. The van der Waals surface area contributed by atoms with Crippen LogP contribution in [-0.4, -0.2) is 11.7 Å². The fraction of sp³-hybridized carbons (Fsp3) is 0.282. The number of rotatable bonds is 6. The van der Waals surface area contributed by atoms with E-state index in [2.05, 4.69) is 288 Å². The standard InChI is InChI=1S/C71H73BN4O2/c1-67(2,3)45-27-31-52(32-28-45)75-58-33-29-47(69(7,8)9)41-57(58)72-63-59(75)42-54(74(50-22-18-16-19-23-50)51-24-20-17-21-25-51)43-60(63)76(53-38-48(70(10,11)12)37-49(39-53)71(13,14)15)66-64(72)73-65(78-66)44-26-34-61-55(36-44)56-40-46(68(4,5)6)30-35-62(56)77-61/h16-43H,1-15H3. The summed E-state index contributed by atoms with van der Waals surface area (Å²) in [5, 5.41) is 2.13. The van der Waals surface area contributed by atoms with Crippen molar-refractivity contribution >= 4 is 96.6 Å². The van der Waals surface area contributed by atoms with E-state index in [1.54, 1.807) is 0 Å². The normalized spacial score (nSPS) is 13.8. The van der Waals surface area contributed by atoms with Crippen LogP contribution < -0.4 is 31.2 Å². The van der Waals surface area contributed by atoms with E-state index < -0.39 is 0 Å². The molecule has 12 rings (SSSR count). The maximum atomic E-state index is 7.57. The van der Waals surface area contributed by atoms with Crippen LogP contribution in [0, 0.1) is 0 Å². The molecule has 0 saturated carbocycles. The minimum Gasteiger partial charge on any atom is -0.456 e. The fourth-order valence-corrected chi connectivity index (χ4v) is 11.6. The zero-order valence-electron chi connectivity index (χ0n) is 48.3. The van der Waals surface area contributed by atoms with Crippen molar-refractivity contribution in [2.45, 2.75) is 131 Å². The van der Waals surface area contributed by atoms with Crippen molar-refractivity contribution in [3.63, 3.8) is 0 Å². The largest absolute Gasteiger partial charge is 0.456 e. The maximum absolute atomic E-state index is 7.57. The van der Waals surface area contributed by atoms with E-state index >= 15 is 0 Å². The van der Waals surface area contributed by atoms with Crippen molar-refractivity contribution < 1.29 is 8.83 Å². The average Bonchev–Trinajstić information content (AvgIpc) is 3.94. The van der Waals surface area contributed by atoms with Gasteiger partial charge in [-0.2, -0.15) is 0 Å². The number of hydrogen-bond acceptors (Lipinski definition) is 6. The predicted molar refractivity (Wildman–Crippen MR) is 331 cm³/mol. The first-order chi connectivity index (χ1) is 36.8.